The van der Waals surface area contributed by atoms with Gasteiger partial charge in [0.1, 0.15) is 5.75 Å². The second-order valence-electron chi connectivity index (χ2n) is 4.87. The number of carbonyl (C=O) groups excluding carboxylic acids is 1. The molecule has 0 aromatic heterocycles. The Hall–Kier alpha value is -2.49. The average molecular weight is 270 g/mol. The minimum atomic E-state index is -0.0555. The molecule has 0 saturated carbocycles. The number of hydrogen-bond donors (Lipinski definition) is 3. The van der Waals surface area contributed by atoms with Crippen LogP contribution in [0.15, 0.2) is 48.5 Å². The van der Waals surface area contributed by atoms with Crippen molar-refractivity contribution in [3.05, 3.63) is 54.1 Å². The van der Waals surface area contributed by atoms with E-state index in [-0.39, 0.29) is 17.6 Å². The molecular weight excluding hydrogens is 252 g/mol. The number of rotatable bonds is 4. The van der Waals surface area contributed by atoms with Crippen LogP contribution in [-0.2, 0) is 4.79 Å². The van der Waals surface area contributed by atoms with Crippen LogP contribution < -0.4 is 11.1 Å². The van der Waals surface area contributed by atoms with Crippen molar-refractivity contribution in [1.29, 1.82) is 0 Å². The van der Waals surface area contributed by atoms with Crippen LogP contribution in [0.3, 0.4) is 0 Å². The number of nitrogens with two attached hydrogens (primary N) is 1. The summed E-state index contributed by atoms with van der Waals surface area (Å²) in [7, 11) is 0. The van der Waals surface area contributed by atoms with E-state index in [9.17, 15) is 9.90 Å². The highest BCUT2D eigenvalue weighted by Crippen LogP contribution is 2.21. The largest absolute Gasteiger partial charge is 0.508 e. The van der Waals surface area contributed by atoms with Gasteiger partial charge in [-0.1, -0.05) is 19.1 Å². The van der Waals surface area contributed by atoms with Gasteiger partial charge in [-0.15, -0.1) is 0 Å². The van der Waals surface area contributed by atoms with E-state index in [4.69, 9.17) is 5.73 Å². The van der Waals surface area contributed by atoms with Gasteiger partial charge in [0.15, 0.2) is 0 Å². The lowest BCUT2D eigenvalue weighted by molar-refractivity contribution is -0.116. The van der Waals surface area contributed by atoms with Crippen LogP contribution in [0.4, 0.5) is 11.4 Å². The number of aromatic hydroxyl groups is 1. The molecule has 0 spiro atoms. The Bertz CT molecular complexity index is 576. The lowest BCUT2D eigenvalue weighted by Gasteiger charge is -2.12. The second kappa shape index (κ2) is 6.10. The second-order valence-corrected chi connectivity index (χ2v) is 4.87. The third kappa shape index (κ3) is 3.75. The summed E-state index contributed by atoms with van der Waals surface area (Å²) < 4.78 is 0. The smallest absolute Gasteiger partial charge is 0.224 e. The molecule has 1 atom stereocenters. The Morgan fingerprint density at radius 1 is 1.15 bits per heavy atom. The summed E-state index contributed by atoms with van der Waals surface area (Å²) in [6.45, 7) is 2.00. The number of nitrogens with one attached hydrogen (secondary N) is 1. The third-order valence-corrected chi connectivity index (χ3v) is 3.15. The highest BCUT2D eigenvalue weighted by molar-refractivity contribution is 5.91. The maximum atomic E-state index is 11.9. The topological polar surface area (TPSA) is 75.3 Å². The summed E-state index contributed by atoms with van der Waals surface area (Å²) in [5, 5.41) is 12.0. The Kier molecular flexibility index (Phi) is 4.25. The summed E-state index contributed by atoms with van der Waals surface area (Å²) in [5.41, 5.74) is 8.12. The van der Waals surface area contributed by atoms with E-state index in [0.29, 0.717) is 12.1 Å². The molecule has 0 aliphatic heterocycles. The summed E-state index contributed by atoms with van der Waals surface area (Å²) in [5.74, 6) is 0.242. The molecule has 0 aliphatic carbocycles. The minimum Gasteiger partial charge on any atom is -0.508 e. The van der Waals surface area contributed by atoms with E-state index < -0.39 is 0 Å². The molecule has 4 heteroatoms. The zero-order valence-electron chi connectivity index (χ0n) is 11.3. The molecule has 104 valence electrons. The van der Waals surface area contributed by atoms with Crippen LogP contribution in [0.2, 0.25) is 0 Å². The lowest BCUT2D eigenvalue weighted by atomic mass is 9.97. The van der Waals surface area contributed by atoms with Gasteiger partial charge >= 0.3 is 0 Å². The molecule has 0 heterocycles. The first kappa shape index (κ1) is 13.9. The van der Waals surface area contributed by atoms with E-state index in [1.54, 1.807) is 24.3 Å². The van der Waals surface area contributed by atoms with E-state index in [2.05, 4.69) is 5.32 Å². The fraction of sp³-hybridized carbons (Fsp3) is 0.188. The van der Waals surface area contributed by atoms with E-state index in [1.807, 2.05) is 31.2 Å². The molecule has 1 amide bonds. The van der Waals surface area contributed by atoms with Gasteiger partial charge in [-0.3, -0.25) is 4.79 Å². The predicted octanol–water partition coefficient (Wildman–Crippen LogP) is 3.11. The Morgan fingerprint density at radius 2 is 1.75 bits per heavy atom. The molecule has 2 aromatic rings. The molecule has 0 fully saturated rings. The zero-order chi connectivity index (χ0) is 14.5. The number of anilines is 2. The fourth-order valence-electron chi connectivity index (χ4n) is 1.98. The maximum absolute atomic E-state index is 11.9. The lowest BCUT2D eigenvalue weighted by Crippen LogP contribution is -2.14. The molecule has 20 heavy (non-hydrogen) atoms. The van der Waals surface area contributed by atoms with Gasteiger partial charge in [-0.25, -0.2) is 0 Å². The van der Waals surface area contributed by atoms with Crippen molar-refractivity contribution in [2.75, 3.05) is 11.1 Å². The number of carbonyl (C=O) groups is 1. The first-order valence-corrected chi connectivity index (χ1v) is 6.49. The van der Waals surface area contributed by atoms with Crippen LogP contribution in [0.1, 0.15) is 24.8 Å². The molecule has 4 N–H and O–H groups in total. The Labute approximate surface area is 118 Å². The minimum absolute atomic E-state index is 0.0555. The van der Waals surface area contributed by atoms with Crippen molar-refractivity contribution in [2.24, 2.45) is 0 Å². The third-order valence-electron chi connectivity index (χ3n) is 3.15. The van der Waals surface area contributed by atoms with Gasteiger partial charge in [0.25, 0.3) is 0 Å². The highest BCUT2D eigenvalue weighted by Gasteiger charge is 2.11. The monoisotopic (exact) mass is 270 g/mol. The quantitative estimate of drug-likeness (QED) is 0.590. The molecule has 0 bridgehead atoms. The average Bonchev–Trinajstić information content (AvgIpc) is 2.42. The van der Waals surface area contributed by atoms with E-state index in [1.165, 1.54) is 0 Å². The highest BCUT2D eigenvalue weighted by atomic mass is 16.3. The van der Waals surface area contributed by atoms with Crippen molar-refractivity contribution in [3.63, 3.8) is 0 Å². The Balaban J connectivity index is 1.93. The standard InChI is InChI=1S/C16H18N2O2/c1-11(12-2-4-13(17)5-3-12)10-16(20)18-14-6-8-15(19)9-7-14/h2-9,11,19H,10,17H2,1H3,(H,18,20). The first-order valence-electron chi connectivity index (χ1n) is 6.49. The van der Waals surface area contributed by atoms with Crippen molar-refractivity contribution in [3.8, 4) is 5.75 Å². The Morgan fingerprint density at radius 3 is 2.35 bits per heavy atom. The van der Waals surface area contributed by atoms with Gasteiger partial charge in [0.05, 0.1) is 0 Å². The van der Waals surface area contributed by atoms with Crippen LogP contribution in [0.25, 0.3) is 0 Å². The normalized spacial score (nSPS) is 11.8. The van der Waals surface area contributed by atoms with Gasteiger partial charge in [0.2, 0.25) is 5.91 Å². The van der Waals surface area contributed by atoms with Crippen LogP contribution in [0, 0.1) is 0 Å². The molecular formula is C16H18N2O2. The summed E-state index contributed by atoms with van der Waals surface area (Å²) >= 11 is 0. The van der Waals surface area contributed by atoms with Crippen LogP contribution >= 0.6 is 0 Å². The predicted molar refractivity (Wildman–Crippen MR) is 80.6 cm³/mol. The van der Waals surface area contributed by atoms with Gasteiger partial charge in [0, 0.05) is 17.8 Å². The summed E-state index contributed by atoms with van der Waals surface area (Å²) in [4.78, 5) is 11.9. The molecule has 0 aliphatic rings. The van der Waals surface area contributed by atoms with Crippen molar-refractivity contribution < 1.29 is 9.90 Å². The molecule has 0 radical (unpaired) electrons. The van der Waals surface area contributed by atoms with Crippen LogP contribution in [0.5, 0.6) is 5.75 Å². The summed E-state index contributed by atoms with van der Waals surface area (Å²) in [6, 6.07) is 14.0. The van der Waals surface area contributed by atoms with Gasteiger partial charge in [-0.2, -0.15) is 0 Å². The van der Waals surface area contributed by atoms with Crippen molar-refractivity contribution in [2.45, 2.75) is 19.3 Å². The number of nitrogen functional groups attached to an aromatic ring is 1. The summed E-state index contributed by atoms with van der Waals surface area (Å²) in [6.07, 6.45) is 0.394. The molecule has 0 saturated heterocycles. The number of amides is 1. The molecule has 4 nitrogen and oxygen atoms in total. The molecule has 2 rings (SSSR count). The van der Waals surface area contributed by atoms with Crippen molar-refractivity contribution >= 4 is 17.3 Å². The zero-order valence-corrected chi connectivity index (χ0v) is 11.3. The SMILES string of the molecule is CC(CC(=O)Nc1ccc(O)cc1)c1ccc(N)cc1. The first-order chi connectivity index (χ1) is 9.54. The number of phenolic OH excluding ortho intramolecular Hbond substituents is 1. The number of hydrogen-bond acceptors (Lipinski definition) is 3. The number of phenols is 1. The van der Waals surface area contributed by atoms with E-state index in [0.717, 1.165) is 11.3 Å². The molecule has 1 unspecified atom stereocenters. The molecule has 2 aromatic carbocycles. The fourth-order valence-corrected chi connectivity index (χ4v) is 1.98. The van der Waals surface area contributed by atoms with Gasteiger partial charge < -0.3 is 16.2 Å². The van der Waals surface area contributed by atoms with E-state index >= 15 is 0 Å². The van der Waals surface area contributed by atoms with Crippen LogP contribution in [-0.4, -0.2) is 11.0 Å². The van der Waals surface area contributed by atoms with Gasteiger partial charge in [-0.05, 0) is 47.9 Å². The maximum Gasteiger partial charge on any atom is 0.224 e. The number of benzene rings is 2. The van der Waals surface area contributed by atoms with Crippen molar-refractivity contribution in [1.82, 2.24) is 0 Å².